The van der Waals surface area contributed by atoms with Crippen LogP contribution in [0.3, 0.4) is 0 Å². The molecule has 0 amide bonds. The zero-order chi connectivity index (χ0) is 15.4. The lowest BCUT2D eigenvalue weighted by molar-refractivity contribution is 0.299. The predicted octanol–water partition coefficient (Wildman–Crippen LogP) is 2.33. The van der Waals surface area contributed by atoms with E-state index in [4.69, 9.17) is 17.3 Å². The number of benzene rings is 2. The average molecular weight is 312 g/mol. The summed E-state index contributed by atoms with van der Waals surface area (Å²) >= 11 is 5.42. The molecule has 1 aliphatic carbocycles. The van der Waals surface area contributed by atoms with Gasteiger partial charge in [0, 0.05) is 6.54 Å². The van der Waals surface area contributed by atoms with E-state index >= 15 is 0 Å². The number of aryl methyl sites for hydroxylation is 1. The first-order valence-electron chi connectivity index (χ1n) is 7.57. The topological polar surface area (TPSA) is 44.3 Å². The third-order valence-corrected chi connectivity index (χ3v) is 4.48. The van der Waals surface area contributed by atoms with Gasteiger partial charge in [0.2, 0.25) is 0 Å². The van der Waals surface area contributed by atoms with Crippen LogP contribution in [0.5, 0.6) is 0 Å². The zero-order valence-corrected chi connectivity index (χ0v) is 13.2. The molecule has 0 heterocycles. The van der Waals surface area contributed by atoms with Gasteiger partial charge in [-0.15, -0.1) is 0 Å². The Morgan fingerprint density at radius 3 is 2.59 bits per heavy atom. The Labute approximate surface area is 136 Å². The van der Waals surface area contributed by atoms with E-state index in [1.54, 1.807) is 0 Å². The van der Waals surface area contributed by atoms with Gasteiger partial charge in [-0.3, -0.25) is 0 Å². The molecule has 114 valence electrons. The van der Waals surface area contributed by atoms with E-state index in [0.29, 0.717) is 11.7 Å². The maximum atomic E-state index is 8.97. The van der Waals surface area contributed by atoms with Crippen molar-refractivity contribution < 1.29 is 5.11 Å². The Morgan fingerprint density at radius 1 is 1.09 bits per heavy atom. The van der Waals surface area contributed by atoms with Crippen molar-refractivity contribution in [2.75, 3.05) is 13.2 Å². The van der Waals surface area contributed by atoms with Gasteiger partial charge in [0.05, 0.1) is 12.1 Å². The average Bonchev–Trinajstić information content (AvgIpc) is 2.94. The molecule has 1 atom stereocenters. The second-order valence-corrected chi connectivity index (χ2v) is 5.94. The van der Waals surface area contributed by atoms with Gasteiger partial charge in [0.25, 0.3) is 0 Å². The number of nitrogens with one attached hydrogen (secondary N) is 2. The molecule has 3 rings (SSSR count). The minimum Gasteiger partial charge on any atom is -0.395 e. The predicted molar refractivity (Wildman–Crippen MR) is 92.8 cm³/mol. The first kappa shape index (κ1) is 15.0. The molecule has 4 heteroatoms. The summed E-state index contributed by atoms with van der Waals surface area (Å²) in [5, 5.41) is 16.1. The van der Waals surface area contributed by atoms with Gasteiger partial charge in [-0.25, -0.2) is 0 Å². The van der Waals surface area contributed by atoms with E-state index in [1.807, 2.05) is 6.07 Å². The normalized spacial score (nSPS) is 19.5. The van der Waals surface area contributed by atoms with E-state index in [9.17, 15) is 0 Å². The van der Waals surface area contributed by atoms with Crippen LogP contribution in [-0.2, 0) is 12.0 Å². The standard InChI is InChI=1S/C18H20N2OS/c21-13-12-19-17(22)20-18(15-7-2-1-3-8-15)11-10-14-6-4-5-9-16(14)18/h1-9,21H,10-13H2,(H2,19,20,22). The number of aliphatic hydroxyl groups excluding tert-OH is 1. The molecule has 0 bridgehead atoms. The summed E-state index contributed by atoms with van der Waals surface area (Å²) in [4.78, 5) is 0. The molecule has 2 aromatic rings. The van der Waals surface area contributed by atoms with E-state index in [-0.39, 0.29) is 12.1 Å². The van der Waals surface area contributed by atoms with Crippen LogP contribution in [0.2, 0.25) is 0 Å². The van der Waals surface area contributed by atoms with Crippen LogP contribution in [0.15, 0.2) is 54.6 Å². The van der Waals surface area contributed by atoms with Crippen LogP contribution in [0.1, 0.15) is 23.1 Å². The number of fused-ring (bicyclic) bond motifs is 1. The first-order valence-corrected chi connectivity index (χ1v) is 7.98. The number of hydrogen-bond acceptors (Lipinski definition) is 2. The Hall–Kier alpha value is -1.91. The summed E-state index contributed by atoms with van der Waals surface area (Å²) in [5.74, 6) is 0. The van der Waals surface area contributed by atoms with Gasteiger partial charge in [-0.1, -0.05) is 54.6 Å². The van der Waals surface area contributed by atoms with Crippen molar-refractivity contribution in [3.63, 3.8) is 0 Å². The maximum Gasteiger partial charge on any atom is 0.167 e. The minimum absolute atomic E-state index is 0.0662. The van der Waals surface area contributed by atoms with Gasteiger partial charge < -0.3 is 15.7 Å². The number of thiocarbonyl (C=S) groups is 1. The van der Waals surface area contributed by atoms with Crippen molar-refractivity contribution >= 4 is 17.3 Å². The fourth-order valence-electron chi connectivity index (χ4n) is 3.24. The Bertz CT molecular complexity index is 659. The van der Waals surface area contributed by atoms with E-state index in [2.05, 4.69) is 59.2 Å². The summed E-state index contributed by atoms with van der Waals surface area (Å²) in [7, 11) is 0. The lowest BCUT2D eigenvalue weighted by atomic mass is 9.84. The highest BCUT2D eigenvalue weighted by Gasteiger charge is 2.40. The van der Waals surface area contributed by atoms with Gasteiger partial charge in [0.1, 0.15) is 0 Å². The molecular weight excluding hydrogens is 292 g/mol. The van der Waals surface area contributed by atoms with Gasteiger partial charge in [-0.2, -0.15) is 0 Å². The van der Waals surface area contributed by atoms with E-state index < -0.39 is 0 Å². The molecule has 1 unspecified atom stereocenters. The summed E-state index contributed by atoms with van der Waals surface area (Å²) < 4.78 is 0. The van der Waals surface area contributed by atoms with Crippen molar-refractivity contribution in [1.82, 2.24) is 10.6 Å². The SMILES string of the molecule is OCCNC(=S)NC1(c2ccccc2)CCc2ccccc21. The van der Waals surface area contributed by atoms with Gasteiger partial charge in [-0.05, 0) is 41.7 Å². The molecule has 0 radical (unpaired) electrons. The molecule has 2 aromatic carbocycles. The molecular formula is C18H20N2OS. The summed E-state index contributed by atoms with van der Waals surface area (Å²) in [6.07, 6.45) is 2.00. The van der Waals surface area contributed by atoms with Crippen molar-refractivity contribution in [3.8, 4) is 0 Å². The Balaban J connectivity index is 2.00. The number of rotatable bonds is 4. The molecule has 0 saturated heterocycles. The fraction of sp³-hybridized carbons (Fsp3) is 0.278. The number of aliphatic hydroxyl groups is 1. The summed E-state index contributed by atoms with van der Waals surface area (Å²) in [6, 6.07) is 19.0. The van der Waals surface area contributed by atoms with Crippen molar-refractivity contribution in [1.29, 1.82) is 0 Å². The largest absolute Gasteiger partial charge is 0.395 e. The Morgan fingerprint density at radius 2 is 1.82 bits per heavy atom. The minimum atomic E-state index is -0.294. The van der Waals surface area contributed by atoms with Crippen molar-refractivity contribution in [3.05, 3.63) is 71.3 Å². The van der Waals surface area contributed by atoms with Crippen LogP contribution >= 0.6 is 12.2 Å². The molecule has 0 aliphatic heterocycles. The highest BCUT2D eigenvalue weighted by Crippen LogP contribution is 2.41. The van der Waals surface area contributed by atoms with Crippen LogP contribution in [0.25, 0.3) is 0 Å². The lowest BCUT2D eigenvalue weighted by Gasteiger charge is -2.34. The van der Waals surface area contributed by atoms with Gasteiger partial charge >= 0.3 is 0 Å². The molecule has 0 fully saturated rings. The lowest BCUT2D eigenvalue weighted by Crippen LogP contribution is -2.49. The first-order chi connectivity index (χ1) is 10.8. The zero-order valence-electron chi connectivity index (χ0n) is 12.4. The number of hydrogen-bond donors (Lipinski definition) is 3. The van der Waals surface area contributed by atoms with Crippen LogP contribution < -0.4 is 10.6 Å². The third kappa shape index (κ3) is 2.72. The molecule has 1 aliphatic rings. The second kappa shape index (κ2) is 6.46. The second-order valence-electron chi connectivity index (χ2n) is 5.53. The van der Waals surface area contributed by atoms with Crippen molar-refractivity contribution in [2.45, 2.75) is 18.4 Å². The smallest absolute Gasteiger partial charge is 0.167 e. The van der Waals surface area contributed by atoms with Crippen LogP contribution in [0, 0.1) is 0 Å². The highest BCUT2D eigenvalue weighted by atomic mass is 32.1. The van der Waals surface area contributed by atoms with Crippen molar-refractivity contribution in [2.24, 2.45) is 0 Å². The highest BCUT2D eigenvalue weighted by molar-refractivity contribution is 7.80. The molecule has 0 spiro atoms. The molecule has 3 N–H and O–H groups in total. The molecule has 3 nitrogen and oxygen atoms in total. The quantitative estimate of drug-likeness (QED) is 0.758. The monoisotopic (exact) mass is 312 g/mol. The van der Waals surface area contributed by atoms with Crippen LogP contribution in [-0.4, -0.2) is 23.4 Å². The van der Waals surface area contributed by atoms with Gasteiger partial charge in [0.15, 0.2) is 5.11 Å². The summed E-state index contributed by atoms with van der Waals surface area (Å²) in [6.45, 7) is 0.523. The fourth-order valence-corrected chi connectivity index (χ4v) is 3.52. The summed E-state index contributed by atoms with van der Waals surface area (Å²) in [5.41, 5.74) is 3.57. The molecule has 22 heavy (non-hydrogen) atoms. The Kier molecular flexibility index (Phi) is 4.41. The third-order valence-electron chi connectivity index (χ3n) is 4.24. The van der Waals surface area contributed by atoms with Crippen LogP contribution in [0.4, 0.5) is 0 Å². The van der Waals surface area contributed by atoms with E-state index in [1.165, 1.54) is 16.7 Å². The molecule has 0 aromatic heterocycles. The van der Waals surface area contributed by atoms with E-state index in [0.717, 1.165) is 12.8 Å². The molecule has 0 saturated carbocycles. The maximum absolute atomic E-state index is 8.97.